The van der Waals surface area contributed by atoms with E-state index in [0.717, 1.165) is 9.35 Å². The lowest BCUT2D eigenvalue weighted by Crippen LogP contribution is -2.06. The first-order valence-electron chi connectivity index (χ1n) is 4.88. The van der Waals surface area contributed by atoms with Gasteiger partial charge in [0.05, 0.1) is 4.34 Å². The number of nitrogen functional groups attached to an aromatic ring is 1. The number of nitrogens with two attached hydrogens (primary N) is 1. The zero-order chi connectivity index (χ0) is 12.4. The summed E-state index contributed by atoms with van der Waals surface area (Å²) in [6.45, 7) is 0. The van der Waals surface area contributed by atoms with Crippen molar-refractivity contribution in [1.82, 2.24) is 0 Å². The van der Waals surface area contributed by atoms with Crippen molar-refractivity contribution in [1.29, 1.82) is 0 Å². The molecule has 0 amide bonds. The molecule has 1 heterocycles. The van der Waals surface area contributed by atoms with E-state index < -0.39 is 0 Å². The van der Waals surface area contributed by atoms with Gasteiger partial charge >= 0.3 is 0 Å². The van der Waals surface area contributed by atoms with Gasteiger partial charge in [0.25, 0.3) is 0 Å². The van der Waals surface area contributed by atoms with Crippen LogP contribution < -0.4 is 5.73 Å². The predicted octanol–water partition coefficient (Wildman–Crippen LogP) is 4.17. The van der Waals surface area contributed by atoms with Crippen LogP contribution in [-0.2, 0) is 6.42 Å². The van der Waals surface area contributed by atoms with Crippen molar-refractivity contribution in [2.75, 3.05) is 5.73 Å². The quantitative estimate of drug-likeness (QED) is 0.678. The summed E-state index contributed by atoms with van der Waals surface area (Å²) in [5, 5.41) is 0. The lowest BCUT2D eigenvalue weighted by Gasteiger charge is -2.04. The minimum absolute atomic E-state index is 0.00789. The zero-order valence-electron chi connectivity index (χ0n) is 8.74. The highest BCUT2D eigenvalue weighted by atomic mass is 79.9. The topological polar surface area (TPSA) is 43.1 Å². The van der Waals surface area contributed by atoms with Crippen LogP contribution in [0.1, 0.15) is 15.2 Å². The molecule has 0 fully saturated rings. The fourth-order valence-electron chi connectivity index (χ4n) is 1.49. The Morgan fingerprint density at radius 3 is 2.71 bits per heavy atom. The van der Waals surface area contributed by atoms with Crippen LogP contribution in [0.5, 0.6) is 0 Å². The second kappa shape index (κ2) is 5.21. The third kappa shape index (κ3) is 3.09. The van der Waals surface area contributed by atoms with E-state index in [-0.39, 0.29) is 5.78 Å². The average Bonchev–Trinajstić information content (AvgIpc) is 2.63. The molecule has 0 unspecified atom stereocenters. The summed E-state index contributed by atoms with van der Waals surface area (Å²) in [6.07, 6.45) is 0.337. The van der Waals surface area contributed by atoms with Crippen LogP contribution in [0.2, 0.25) is 4.34 Å². The average molecular weight is 331 g/mol. The molecule has 2 nitrogen and oxygen atoms in total. The molecule has 0 aliphatic rings. The summed E-state index contributed by atoms with van der Waals surface area (Å²) in [7, 11) is 0. The van der Waals surface area contributed by atoms with Crippen LogP contribution in [0.15, 0.2) is 34.8 Å². The second-order valence-electron chi connectivity index (χ2n) is 3.54. The highest BCUT2D eigenvalue weighted by Crippen LogP contribution is 2.24. The van der Waals surface area contributed by atoms with Gasteiger partial charge in [-0.3, -0.25) is 4.79 Å². The molecule has 88 valence electrons. The van der Waals surface area contributed by atoms with Crippen LogP contribution >= 0.6 is 38.9 Å². The number of rotatable bonds is 3. The Morgan fingerprint density at radius 1 is 1.35 bits per heavy atom. The number of hydrogen-bond acceptors (Lipinski definition) is 3. The van der Waals surface area contributed by atoms with E-state index in [4.69, 9.17) is 17.3 Å². The molecule has 0 atom stereocenters. The number of anilines is 1. The maximum absolute atomic E-state index is 12.0. The summed E-state index contributed by atoms with van der Waals surface area (Å²) in [4.78, 5) is 13.0. The summed E-state index contributed by atoms with van der Waals surface area (Å²) >= 11 is 10.5. The molecule has 1 aromatic carbocycles. The highest BCUT2D eigenvalue weighted by molar-refractivity contribution is 9.10. The Hall–Kier alpha value is -0.840. The molecule has 0 aliphatic carbocycles. The normalized spacial score (nSPS) is 10.5. The predicted molar refractivity (Wildman–Crippen MR) is 75.9 cm³/mol. The first-order valence-corrected chi connectivity index (χ1v) is 6.87. The monoisotopic (exact) mass is 329 g/mol. The molecule has 0 radical (unpaired) electrons. The fourth-order valence-corrected chi connectivity index (χ4v) is 2.95. The number of Topliss-reactive ketones (excluding diaryl/α,β-unsaturated/α-hetero) is 1. The molecule has 0 saturated heterocycles. The lowest BCUT2D eigenvalue weighted by molar-refractivity contribution is 0.0994. The Labute approximate surface area is 117 Å². The summed E-state index contributed by atoms with van der Waals surface area (Å²) in [6, 6.07) is 8.93. The van der Waals surface area contributed by atoms with Gasteiger partial charge in [-0.1, -0.05) is 27.5 Å². The Kier molecular flexibility index (Phi) is 3.86. The van der Waals surface area contributed by atoms with Gasteiger partial charge in [0, 0.05) is 27.0 Å². The van der Waals surface area contributed by atoms with Crippen LogP contribution in [-0.4, -0.2) is 5.78 Å². The van der Waals surface area contributed by atoms with E-state index >= 15 is 0 Å². The van der Waals surface area contributed by atoms with Gasteiger partial charge in [-0.05, 0) is 30.3 Å². The molecular formula is C12H9BrClNOS. The minimum Gasteiger partial charge on any atom is -0.398 e. The molecule has 5 heteroatoms. The molecule has 0 bridgehead atoms. The molecule has 2 rings (SSSR count). The first kappa shape index (κ1) is 12.6. The van der Waals surface area contributed by atoms with Crippen molar-refractivity contribution in [2.24, 2.45) is 0 Å². The second-order valence-corrected chi connectivity index (χ2v) is 6.25. The molecule has 0 saturated carbocycles. The highest BCUT2D eigenvalue weighted by Gasteiger charge is 2.12. The van der Waals surface area contributed by atoms with Gasteiger partial charge in [-0.25, -0.2) is 0 Å². The molecule has 2 aromatic rings. The van der Waals surface area contributed by atoms with Crippen molar-refractivity contribution in [3.63, 3.8) is 0 Å². The zero-order valence-corrected chi connectivity index (χ0v) is 11.9. The number of hydrogen-bond donors (Lipinski definition) is 1. The molecule has 0 spiro atoms. The van der Waals surface area contributed by atoms with E-state index in [1.54, 1.807) is 18.2 Å². The van der Waals surface area contributed by atoms with Crippen LogP contribution in [0, 0.1) is 0 Å². The third-order valence-corrected chi connectivity index (χ3v) is 4.00. The standard InChI is InChI=1S/C12H9BrClNOS/c13-7-1-3-9(10(15)5-7)11(16)6-8-2-4-12(14)17-8/h1-5H,6,15H2. The molecule has 1 aromatic heterocycles. The largest absolute Gasteiger partial charge is 0.398 e. The lowest BCUT2D eigenvalue weighted by atomic mass is 10.1. The summed E-state index contributed by atoms with van der Waals surface area (Å²) in [5.74, 6) is 0.00789. The van der Waals surface area contributed by atoms with E-state index in [9.17, 15) is 4.79 Å². The van der Waals surface area contributed by atoms with E-state index in [1.807, 2.05) is 12.1 Å². The summed E-state index contributed by atoms with van der Waals surface area (Å²) in [5.41, 5.74) is 6.85. The maximum atomic E-state index is 12.0. The number of halogens is 2. The van der Waals surface area contributed by atoms with Gasteiger partial charge in [-0.15, -0.1) is 11.3 Å². The molecule has 2 N–H and O–H groups in total. The fraction of sp³-hybridized carbons (Fsp3) is 0.0833. The molecule has 0 aliphatic heterocycles. The SMILES string of the molecule is Nc1cc(Br)ccc1C(=O)Cc1ccc(Cl)s1. The smallest absolute Gasteiger partial charge is 0.170 e. The first-order chi connectivity index (χ1) is 8.06. The Balaban J connectivity index is 2.20. The van der Waals surface area contributed by atoms with Crippen molar-refractivity contribution >= 4 is 50.3 Å². The van der Waals surface area contributed by atoms with Gasteiger partial charge in [0.1, 0.15) is 0 Å². The molecular weight excluding hydrogens is 322 g/mol. The van der Waals surface area contributed by atoms with Gasteiger partial charge in [0.2, 0.25) is 0 Å². The van der Waals surface area contributed by atoms with E-state index in [1.165, 1.54) is 11.3 Å². The van der Waals surface area contributed by atoms with Crippen molar-refractivity contribution < 1.29 is 4.79 Å². The Bertz CT molecular complexity index is 567. The van der Waals surface area contributed by atoms with Crippen LogP contribution in [0.4, 0.5) is 5.69 Å². The third-order valence-electron chi connectivity index (χ3n) is 2.28. The molecule has 17 heavy (non-hydrogen) atoms. The van der Waals surface area contributed by atoms with Gasteiger partial charge in [-0.2, -0.15) is 0 Å². The van der Waals surface area contributed by atoms with Crippen molar-refractivity contribution in [3.05, 3.63) is 49.6 Å². The van der Waals surface area contributed by atoms with Gasteiger partial charge < -0.3 is 5.73 Å². The van der Waals surface area contributed by atoms with Crippen LogP contribution in [0.3, 0.4) is 0 Å². The number of thiophene rings is 1. The maximum Gasteiger partial charge on any atom is 0.170 e. The van der Waals surface area contributed by atoms with Gasteiger partial charge in [0.15, 0.2) is 5.78 Å². The van der Waals surface area contributed by atoms with E-state index in [0.29, 0.717) is 22.0 Å². The Morgan fingerprint density at radius 2 is 2.12 bits per heavy atom. The number of ketones is 1. The van der Waals surface area contributed by atoms with Crippen LogP contribution in [0.25, 0.3) is 0 Å². The van der Waals surface area contributed by atoms with E-state index in [2.05, 4.69) is 15.9 Å². The summed E-state index contributed by atoms with van der Waals surface area (Å²) < 4.78 is 1.56. The van der Waals surface area contributed by atoms with Crippen molar-refractivity contribution in [2.45, 2.75) is 6.42 Å². The minimum atomic E-state index is 0.00789. The number of benzene rings is 1. The van der Waals surface area contributed by atoms with Crippen molar-refractivity contribution in [3.8, 4) is 0 Å². The number of carbonyl (C=O) groups excluding carboxylic acids is 1. The number of carbonyl (C=O) groups is 1.